The van der Waals surface area contributed by atoms with Crippen molar-refractivity contribution in [2.24, 2.45) is 11.1 Å². The number of rotatable bonds is 7. The first kappa shape index (κ1) is 25.7. The first-order valence-electron chi connectivity index (χ1n) is 10.2. The first-order valence-corrected chi connectivity index (χ1v) is 10.2. The first-order chi connectivity index (χ1) is 16.1. The van der Waals surface area contributed by atoms with E-state index in [1.807, 2.05) is 0 Å². The van der Waals surface area contributed by atoms with E-state index >= 15 is 0 Å². The highest BCUT2D eigenvalue weighted by Gasteiger charge is 2.34. The van der Waals surface area contributed by atoms with Crippen LogP contribution < -0.4 is 21.1 Å². The second-order valence-electron chi connectivity index (χ2n) is 8.63. The fourth-order valence-corrected chi connectivity index (χ4v) is 3.11. The molecule has 0 saturated heterocycles. The zero-order valence-corrected chi connectivity index (χ0v) is 18.8. The predicted octanol–water partition coefficient (Wildman–Crippen LogP) is 4.69. The Morgan fingerprint density at radius 3 is 2.40 bits per heavy atom. The summed E-state index contributed by atoms with van der Waals surface area (Å²) in [6, 6.07) is 5.44. The minimum absolute atomic E-state index is 0.0145. The molecule has 2 aromatic carbocycles. The van der Waals surface area contributed by atoms with Gasteiger partial charge < -0.3 is 26.1 Å². The van der Waals surface area contributed by atoms with Crippen molar-refractivity contribution in [1.29, 1.82) is 0 Å². The van der Waals surface area contributed by atoms with Crippen LogP contribution in [0.4, 0.5) is 33.6 Å². The number of hydrogen-bond acceptors (Lipinski definition) is 5. The Bertz CT molecular complexity index is 1260. The van der Waals surface area contributed by atoms with Gasteiger partial charge in [-0.05, 0) is 23.8 Å². The zero-order valence-electron chi connectivity index (χ0n) is 18.8. The summed E-state index contributed by atoms with van der Waals surface area (Å²) < 4.78 is 70.4. The van der Waals surface area contributed by atoms with Crippen molar-refractivity contribution in [2.75, 3.05) is 5.32 Å². The van der Waals surface area contributed by atoms with Crippen molar-refractivity contribution >= 4 is 34.5 Å². The Kier molecular flexibility index (Phi) is 6.90. The molecule has 13 heteroatoms. The summed E-state index contributed by atoms with van der Waals surface area (Å²) in [4.78, 5) is 30.4. The molecule has 0 bridgehead atoms. The van der Waals surface area contributed by atoms with Gasteiger partial charge in [-0.3, -0.25) is 9.59 Å². The molecule has 2 amide bonds. The summed E-state index contributed by atoms with van der Waals surface area (Å²) in [5, 5.41) is 5.19. The van der Waals surface area contributed by atoms with Gasteiger partial charge in [-0.1, -0.05) is 26.8 Å². The van der Waals surface area contributed by atoms with Crippen LogP contribution in [0.25, 0.3) is 11.0 Å². The van der Waals surface area contributed by atoms with E-state index in [1.165, 1.54) is 12.1 Å². The lowest BCUT2D eigenvalue weighted by Gasteiger charge is -2.19. The number of fused-ring (bicyclic) bond motifs is 1. The van der Waals surface area contributed by atoms with E-state index in [0.717, 1.165) is 18.2 Å². The lowest BCUT2D eigenvalue weighted by Crippen LogP contribution is -2.34. The quantitative estimate of drug-likeness (QED) is 0.352. The Morgan fingerprint density at radius 1 is 1.14 bits per heavy atom. The molecule has 0 fully saturated rings. The number of hydrogen-bond donors (Lipinski definition) is 4. The van der Waals surface area contributed by atoms with Crippen LogP contribution in [0.1, 0.15) is 42.3 Å². The molecule has 188 valence electrons. The van der Waals surface area contributed by atoms with Gasteiger partial charge in [-0.15, -0.1) is 0 Å². The largest absolute Gasteiger partial charge is 0.434 e. The summed E-state index contributed by atoms with van der Waals surface area (Å²) >= 11 is 0. The Hall–Kier alpha value is -3.90. The number of halogens is 5. The number of H-pyrrole nitrogens is 1. The molecule has 0 aliphatic carbocycles. The molecule has 1 heterocycles. The summed E-state index contributed by atoms with van der Waals surface area (Å²) in [6.45, 7) is 1.85. The van der Waals surface area contributed by atoms with Crippen LogP contribution in [-0.4, -0.2) is 28.4 Å². The number of aromatic nitrogens is 2. The number of carbonyl (C=O) groups excluding carboxylic acids is 2. The number of aromatic amines is 1. The minimum atomic E-state index is -4.71. The molecule has 0 saturated carbocycles. The van der Waals surface area contributed by atoms with Crippen LogP contribution in [0.5, 0.6) is 5.75 Å². The van der Waals surface area contributed by atoms with E-state index in [9.17, 15) is 31.5 Å². The third-order valence-electron chi connectivity index (χ3n) is 4.84. The number of nitrogens with one attached hydrogen (secondary N) is 3. The molecule has 0 spiro atoms. The fourth-order valence-electron chi connectivity index (χ4n) is 3.11. The Morgan fingerprint density at radius 2 is 1.83 bits per heavy atom. The van der Waals surface area contributed by atoms with E-state index < -0.39 is 35.4 Å². The van der Waals surface area contributed by atoms with Crippen LogP contribution in [-0.2, 0) is 17.5 Å². The van der Waals surface area contributed by atoms with Gasteiger partial charge in [0.1, 0.15) is 5.75 Å². The average molecular weight is 499 g/mol. The number of benzene rings is 2. The maximum absolute atomic E-state index is 13.6. The van der Waals surface area contributed by atoms with Crippen molar-refractivity contribution in [3.05, 3.63) is 47.0 Å². The van der Waals surface area contributed by atoms with Crippen LogP contribution in [0.3, 0.4) is 0 Å². The molecular formula is C22H22F5N5O3. The predicted molar refractivity (Wildman–Crippen MR) is 117 cm³/mol. The molecule has 35 heavy (non-hydrogen) atoms. The lowest BCUT2D eigenvalue weighted by atomic mass is 9.95. The van der Waals surface area contributed by atoms with Gasteiger partial charge in [0.2, 0.25) is 11.9 Å². The molecule has 3 aromatic rings. The van der Waals surface area contributed by atoms with Gasteiger partial charge in [0.15, 0.2) is 0 Å². The second-order valence-corrected chi connectivity index (χ2v) is 8.63. The number of nitrogens with two attached hydrogens (primary N) is 1. The van der Waals surface area contributed by atoms with Crippen LogP contribution in [0.15, 0.2) is 30.3 Å². The third-order valence-corrected chi connectivity index (χ3v) is 4.84. The van der Waals surface area contributed by atoms with Crippen molar-refractivity contribution in [2.45, 2.75) is 40.1 Å². The number of primary amides is 1. The topological polar surface area (TPSA) is 122 Å². The van der Waals surface area contributed by atoms with E-state index in [0.29, 0.717) is 5.56 Å². The summed E-state index contributed by atoms with van der Waals surface area (Å²) in [6.07, 6.45) is -4.71. The van der Waals surface area contributed by atoms with Crippen LogP contribution in [0.2, 0.25) is 0 Å². The van der Waals surface area contributed by atoms with Gasteiger partial charge in [0.25, 0.3) is 5.91 Å². The SMILES string of the molecule is CC(C)(C)C(=O)NCc1ccc(C(F)(F)F)c(Nc2nc3cc(OC(F)F)c(C(N)=O)cc3[nH]2)c1. The molecule has 0 radical (unpaired) electrons. The number of carbonyl (C=O) groups is 2. The van der Waals surface area contributed by atoms with Crippen molar-refractivity contribution in [3.8, 4) is 5.75 Å². The maximum atomic E-state index is 13.6. The van der Waals surface area contributed by atoms with Crippen molar-refractivity contribution < 1.29 is 36.3 Å². The monoisotopic (exact) mass is 499 g/mol. The maximum Gasteiger partial charge on any atom is 0.418 e. The molecular weight excluding hydrogens is 477 g/mol. The van der Waals surface area contributed by atoms with Crippen LogP contribution in [0, 0.1) is 5.41 Å². The molecule has 0 unspecified atom stereocenters. The normalized spacial score (nSPS) is 12.1. The van der Waals surface area contributed by atoms with Crippen molar-refractivity contribution in [3.63, 3.8) is 0 Å². The lowest BCUT2D eigenvalue weighted by molar-refractivity contribution is -0.137. The van der Waals surface area contributed by atoms with Gasteiger partial charge in [-0.25, -0.2) is 4.98 Å². The molecule has 1 aromatic heterocycles. The third kappa shape index (κ3) is 6.16. The highest BCUT2D eigenvalue weighted by atomic mass is 19.4. The molecule has 0 aliphatic heterocycles. The highest BCUT2D eigenvalue weighted by Crippen LogP contribution is 2.37. The van der Waals surface area contributed by atoms with E-state index in [-0.39, 0.29) is 40.7 Å². The standard InChI is InChI=1S/C22H22F5N5O3/c1-21(2,3)18(34)29-9-10-4-5-12(22(25,26)27)13(6-10)30-20-31-14-7-11(17(28)33)16(35-19(23)24)8-15(14)32-20/h4-8,19H,9H2,1-3H3,(H2,28,33)(H,29,34)(H2,30,31,32). The number of alkyl halides is 5. The molecule has 8 nitrogen and oxygen atoms in total. The van der Waals surface area contributed by atoms with Gasteiger partial charge >= 0.3 is 12.8 Å². The highest BCUT2D eigenvalue weighted by molar-refractivity contribution is 5.99. The number of amides is 2. The number of ether oxygens (including phenoxy) is 1. The van der Waals surface area contributed by atoms with Crippen LogP contribution >= 0.6 is 0 Å². The number of anilines is 2. The summed E-state index contributed by atoms with van der Waals surface area (Å²) in [5.74, 6) is -2.01. The Labute approximate surface area is 196 Å². The Balaban J connectivity index is 1.97. The molecule has 3 rings (SSSR count). The molecule has 5 N–H and O–H groups in total. The summed E-state index contributed by atoms with van der Waals surface area (Å²) in [7, 11) is 0. The van der Waals surface area contributed by atoms with E-state index in [2.05, 4.69) is 25.3 Å². The van der Waals surface area contributed by atoms with Gasteiger partial charge in [0, 0.05) is 18.0 Å². The van der Waals surface area contributed by atoms with E-state index in [4.69, 9.17) is 5.73 Å². The number of imidazole rings is 1. The summed E-state index contributed by atoms with van der Waals surface area (Å²) in [5.41, 5.74) is 3.37. The molecule has 0 aliphatic rings. The van der Waals surface area contributed by atoms with Gasteiger partial charge in [-0.2, -0.15) is 22.0 Å². The smallest absolute Gasteiger partial charge is 0.418 e. The number of nitrogens with zero attached hydrogens (tertiary/aromatic N) is 1. The molecule has 0 atom stereocenters. The average Bonchev–Trinajstić information content (AvgIpc) is 3.10. The van der Waals surface area contributed by atoms with Gasteiger partial charge in [0.05, 0.1) is 27.8 Å². The van der Waals surface area contributed by atoms with E-state index in [1.54, 1.807) is 20.8 Å². The fraction of sp³-hybridized carbons (Fsp3) is 0.318. The minimum Gasteiger partial charge on any atom is -0.434 e. The van der Waals surface area contributed by atoms with Crippen molar-refractivity contribution in [1.82, 2.24) is 15.3 Å². The second kappa shape index (κ2) is 9.39. The zero-order chi connectivity index (χ0) is 26.1.